The highest BCUT2D eigenvalue weighted by Crippen LogP contribution is 2.33. The summed E-state index contributed by atoms with van der Waals surface area (Å²) in [6, 6.07) is 0. The van der Waals surface area contributed by atoms with Crippen molar-refractivity contribution in [3.8, 4) is 0 Å². The summed E-state index contributed by atoms with van der Waals surface area (Å²) in [7, 11) is 5.46. The summed E-state index contributed by atoms with van der Waals surface area (Å²) < 4.78 is 15.7. The Bertz CT molecular complexity index is 67.1. The molecule has 1 saturated heterocycles. The molecular formula is C7H14O3S3. The molecule has 0 aliphatic carbocycles. The van der Waals surface area contributed by atoms with Gasteiger partial charge in [0, 0.05) is 11.5 Å². The molecule has 1 aliphatic heterocycles. The monoisotopic (exact) mass is 242 g/mol. The van der Waals surface area contributed by atoms with Crippen LogP contribution in [0.4, 0.5) is 0 Å². The van der Waals surface area contributed by atoms with E-state index >= 15 is 0 Å². The lowest BCUT2D eigenvalue weighted by Crippen LogP contribution is -2.09. The summed E-state index contributed by atoms with van der Waals surface area (Å²) in [6.07, 6.45) is 0. The number of hydrogen-bond donors (Lipinski definition) is 0. The van der Waals surface area contributed by atoms with E-state index in [4.69, 9.17) is 14.2 Å². The molecule has 0 radical (unpaired) electrons. The lowest BCUT2D eigenvalue weighted by molar-refractivity contribution is -0.0638. The minimum absolute atomic E-state index is 0.391. The van der Waals surface area contributed by atoms with Gasteiger partial charge in [0.05, 0.1) is 26.4 Å². The van der Waals surface area contributed by atoms with E-state index in [1.54, 1.807) is 0 Å². The van der Waals surface area contributed by atoms with Gasteiger partial charge in [-0.25, -0.2) is 0 Å². The topological polar surface area (TPSA) is 27.7 Å². The van der Waals surface area contributed by atoms with Crippen LogP contribution in [0.3, 0.4) is 0 Å². The Kier molecular flexibility index (Phi) is 8.76. The first-order valence-electron chi connectivity index (χ1n) is 4.14. The highest BCUT2D eigenvalue weighted by Gasteiger charge is 1.96. The van der Waals surface area contributed by atoms with E-state index in [0.717, 1.165) is 24.7 Å². The van der Waals surface area contributed by atoms with Crippen LogP contribution in [0.25, 0.3) is 0 Å². The fourth-order valence-electron chi connectivity index (χ4n) is 0.685. The zero-order valence-corrected chi connectivity index (χ0v) is 9.85. The van der Waals surface area contributed by atoms with Crippen LogP contribution in [0.15, 0.2) is 0 Å². The molecule has 13 heavy (non-hydrogen) atoms. The SMILES string of the molecule is C1COCOCCSSSCCO1. The zero-order valence-electron chi connectivity index (χ0n) is 7.40. The first kappa shape index (κ1) is 12.0. The number of rotatable bonds is 0. The van der Waals surface area contributed by atoms with Gasteiger partial charge < -0.3 is 14.2 Å². The van der Waals surface area contributed by atoms with Crippen LogP contribution in [-0.2, 0) is 14.2 Å². The molecule has 0 aromatic carbocycles. The largest absolute Gasteiger partial charge is 0.378 e. The normalized spacial score (nSPS) is 24.0. The highest BCUT2D eigenvalue weighted by atomic mass is 33.5. The maximum atomic E-state index is 5.32. The average Bonchev–Trinajstić information content (AvgIpc) is 2.18. The summed E-state index contributed by atoms with van der Waals surface area (Å²) in [5.74, 6) is 2.06. The van der Waals surface area contributed by atoms with Crippen LogP contribution in [0.1, 0.15) is 0 Å². The Morgan fingerprint density at radius 2 is 1.31 bits per heavy atom. The van der Waals surface area contributed by atoms with Crippen LogP contribution in [-0.4, -0.2) is 44.7 Å². The fourth-order valence-corrected chi connectivity index (χ4v) is 4.12. The van der Waals surface area contributed by atoms with Crippen molar-refractivity contribution in [2.24, 2.45) is 0 Å². The molecule has 1 aliphatic rings. The molecule has 0 unspecified atom stereocenters. The lowest BCUT2D eigenvalue weighted by Gasteiger charge is -2.04. The van der Waals surface area contributed by atoms with E-state index in [0.29, 0.717) is 20.0 Å². The van der Waals surface area contributed by atoms with Crippen molar-refractivity contribution in [3.05, 3.63) is 0 Å². The van der Waals surface area contributed by atoms with E-state index in [2.05, 4.69) is 0 Å². The van der Waals surface area contributed by atoms with Crippen LogP contribution < -0.4 is 0 Å². The molecule has 0 aromatic rings. The molecule has 0 spiro atoms. The fraction of sp³-hybridized carbons (Fsp3) is 1.00. The van der Waals surface area contributed by atoms with Crippen molar-refractivity contribution in [1.29, 1.82) is 0 Å². The summed E-state index contributed by atoms with van der Waals surface area (Å²) in [4.78, 5) is 0. The van der Waals surface area contributed by atoms with Gasteiger partial charge in [-0.3, -0.25) is 0 Å². The molecule has 1 heterocycles. The molecule has 0 amide bonds. The maximum absolute atomic E-state index is 5.32. The summed E-state index contributed by atoms with van der Waals surface area (Å²) in [5, 5.41) is 0. The van der Waals surface area contributed by atoms with E-state index < -0.39 is 0 Å². The molecule has 78 valence electrons. The second kappa shape index (κ2) is 9.48. The van der Waals surface area contributed by atoms with Crippen molar-refractivity contribution in [2.45, 2.75) is 0 Å². The van der Waals surface area contributed by atoms with Crippen molar-refractivity contribution >= 4 is 31.4 Å². The van der Waals surface area contributed by atoms with E-state index in [-0.39, 0.29) is 0 Å². The van der Waals surface area contributed by atoms with Gasteiger partial charge in [0.25, 0.3) is 0 Å². The molecule has 0 aromatic heterocycles. The minimum atomic E-state index is 0.391. The lowest BCUT2D eigenvalue weighted by atomic mass is 10.7. The van der Waals surface area contributed by atoms with Gasteiger partial charge in [-0.15, -0.1) is 0 Å². The van der Waals surface area contributed by atoms with Gasteiger partial charge in [-0.2, -0.15) is 0 Å². The molecule has 0 saturated carbocycles. The molecule has 0 N–H and O–H groups in total. The first-order chi connectivity index (χ1) is 6.50. The summed E-state index contributed by atoms with van der Waals surface area (Å²) in [6.45, 7) is 3.26. The third-order valence-electron chi connectivity index (χ3n) is 1.26. The van der Waals surface area contributed by atoms with Gasteiger partial charge in [0.2, 0.25) is 0 Å². The van der Waals surface area contributed by atoms with E-state index in [1.807, 2.05) is 31.4 Å². The van der Waals surface area contributed by atoms with Crippen molar-refractivity contribution < 1.29 is 14.2 Å². The summed E-state index contributed by atoms with van der Waals surface area (Å²) >= 11 is 0. The Hall–Kier alpha value is 0.930. The molecule has 0 atom stereocenters. The Morgan fingerprint density at radius 3 is 2.15 bits per heavy atom. The Balaban J connectivity index is 2.01. The van der Waals surface area contributed by atoms with Crippen LogP contribution in [0, 0.1) is 0 Å². The van der Waals surface area contributed by atoms with Crippen LogP contribution >= 0.6 is 31.4 Å². The molecule has 6 heteroatoms. The number of ether oxygens (including phenoxy) is 3. The van der Waals surface area contributed by atoms with Crippen LogP contribution in [0.2, 0.25) is 0 Å². The van der Waals surface area contributed by atoms with E-state index in [9.17, 15) is 0 Å². The third kappa shape index (κ3) is 7.96. The predicted octanol–water partition coefficient (Wildman–Crippen LogP) is 2.04. The second-order valence-electron chi connectivity index (χ2n) is 2.26. The third-order valence-corrected chi connectivity index (χ3v) is 5.43. The standard InChI is InChI=1S/C7H14O3S3/c1-2-9-7-10-4-6-12-13-11-5-3-8-1/h1-7H2. The van der Waals surface area contributed by atoms with Gasteiger partial charge in [0.1, 0.15) is 6.79 Å². The van der Waals surface area contributed by atoms with Crippen molar-refractivity contribution in [3.63, 3.8) is 0 Å². The molecule has 1 rings (SSSR count). The Morgan fingerprint density at radius 1 is 0.692 bits per heavy atom. The zero-order chi connectivity index (χ0) is 9.19. The average molecular weight is 242 g/mol. The van der Waals surface area contributed by atoms with Gasteiger partial charge in [-0.1, -0.05) is 21.6 Å². The van der Waals surface area contributed by atoms with E-state index in [1.165, 1.54) is 0 Å². The maximum Gasteiger partial charge on any atom is 0.146 e. The quantitative estimate of drug-likeness (QED) is 0.604. The smallest absolute Gasteiger partial charge is 0.146 e. The highest BCUT2D eigenvalue weighted by molar-refractivity contribution is 9.09. The number of hydrogen-bond acceptors (Lipinski definition) is 6. The Labute approximate surface area is 90.4 Å². The molecule has 3 nitrogen and oxygen atoms in total. The second-order valence-corrected chi connectivity index (χ2v) is 6.73. The van der Waals surface area contributed by atoms with Crippen molar-refractivity contribution in [1.82, 2.24) is 0 Å². The van der Waals surface area contributed by atoms with Crippen molar-refractivity contribution in [2.75, 3.05) is 44.7 Å². The molecule has 0 bridgehead atoms. The summed E-state index contributed by atoms with van der Waals surface area (Å²) in [5.41, 5.74) is 0. The van der Waals surface area contributed by atoms with Gasteiger partial charge in [-0.05, 0) is 9.83 Å². The van der Waals surface area contributed by atoms with Gasteiger partial charge >= 0.3 is 0 Å². The molecular weight excluding hydrogens is 228 g/mol. The minimum Gasteiger partial charge on any atom is -0.378 e. The van der Waals surface area contributed by atoms with Gasteiger partial charge in [0.15, 0.2) is 0 Å². The first-order valence-corrected chi connectivity index (χ1v) is 7.96. The predicted molar refractivity (Wildman–Crippen MR) is 60.1 cm³/mol. The molecule has 1 fully saturated rings. The van der Waals surface area contributed by atoms with Crippen LogP contribution in [0.5, 0.6) is 0 Å².